The lowest BCUT2D eigenvalue weighted by Gasteiger charge is -2.22. The zero-order chi connectivity index (χ0) is 14.5. The topological polar surface area (TPSA) is 29.9 Å². The van der Waals surface area contributed by atoms with E-state index in [4.69, 9.17) is 11.6 Å². The fourth-order valence-corrected chi connectivity index (χ4v) is 2.44. The van der Waals surface area contributed by atoms with Crippen LogP contribution in [0.4, 0.5) is 0 Å². The summed E-state index contributed by atoms with van der Waals surface area (Å²) in [5.74, 6) is 0. The standard InChI is InChI=1S/C16H22ClN3/c1-4-16(13-6-8-15(17)9-7-13)19-12(3)14-10-18-20(5-2)11-14/h6-12,16,19H,4-5H2,1-3H3. The molecule has 2 rings (SSSR count). The van der Waals surface area contributed by atoms with Crippen LogP contribution >= 0.6 is 11.6 Å². The maximum absolute atomic E-state index is 5.95. The molecule has 0 saturated carbocycles. The Bertz CT molecular complexity index is 533. The third-order valence-corrected chi connectivity index (χ3v) is 3.86. The Morgan fingerprint density at radius 3 is 2.45 bits per heavy atom. The van der Waals surface area contributed by atoms with E-state index in [-0.39, 0.29) is 6.04 Å². The van der Waals surface area contributed by atoms with Crippen LogP contribution in [0.15, 0.2) is 36.7 Å². The maximum Gasteiger partial charge on any atom is 0.0537 e. The van der Waals surface area contributed by atoms with Crippen LogP contribution in [0.3, 0.4) is 0 Å². The van der Waals surface area contributed by atoms with Gasteiger partial charge in [-0.3, -0.25) is 4.68 Å². The minimum absolute atomic E-state index is 0.274. The van der Waals surface area contributed by atoms with Crippen molar-refractivity contribution >= 4 is 11.6 Å². The zero-order valence-corrected chi connectivity index (χ0v) is 13.1. The Balaban J connectivity index is 2.07. The molecule has 1 N–H and O–H groups in total. The predicted octanol–water partition coefficient (Wildman–Crippen LogP) is 4.36. The molecular formula is C16H22ClN3. The number of nitrogens with one attached hydrogen (secondary N) is 1. The molecule has 108 valence electrons. The van der Waals surface area contributed by atoms with Gasteiger partial charge in [-0.15, -0.1) is 0 Å². The Morgan fingerprint density at radius 2 is 1.90 bits per heavy atom. The molecule has 20 heavy (non-hydrogen) atoms. The smallest absolute Gasteiger partial charge is 0.0537 e. The molecule has 1 aromatic carbocycles. The molecule has 0 aliphatic carbocycles. The highest BCUT2D eigenvalue weighted by Gasteiger charge is 2.14. The molecule has 1 aromatic heterocycles. The van der Waals surface area contributed by atoms with Crippen LogP contribution in [0.5, 0.6) is 0 Å². The van der Waals surface area contributed by atoms with E-state index in [9.17, 15) is 0 Å². The van der Waals surface area contributed by atoms with E-state index >= 15 is 0 Å². The highest BCUT2D eigenvalue weighted by Crippen LogP contribution is 2.23. The lowest BCUT2D eigenvalue weighted by atomic mass is 10.0. The van der Waals surface area contributed by atoms with Crippen molar-refractivity contribution in [2.45, 2.75) is 45.8 Å². The Hall–Kier alpha value is -1.32. The summed E-state index contributed by atoms with van der Waals surface area (Å²) in [6, 6.07) is 8.67. The average Bonchev–Trinajstić information content (AvgIpc) is 2.94. The van der Waals surface area contributed by atoms with Crippen molar-refractivity contribution in [3.8, 4) is 0 Å². The van der Waals surface area contributed by atoms with Crippen molar-refractivity contribution < 1.29 is 0 Å². The number of nitrogens with zero attached hydrogens (tertiary/aromatic N) is 2. The first kappa shape index (κ1) is 15.1. The second kappa shape index (κ2) is 6.91. The molecule has 0 aliphatic rings. The molecule has 2 aromatic rings. The number of halogens is 1. The summed E-state index contributed by atoms with van der Waals surface area (Å²) in [5, 5.41) is 8.77. The van der Waals surface area contributed by atoms with Crippen LogP contribution in [-0.2, 0) is 6.54 Å². The molecule has 0 fully saturated rings. The minimum Gasteiger partial charge on any atom is -0.303 e. The van der Waals surface area contributed by atoms with Gasteiger partial charge in [0.1, 0.15) is 0 Å². The van der Waals surface area contributed by atoms with Gasteiger partial charge < -0.3 is 5.32 Å². The first-order valence-corrected chi connectivity index (χ1v) is 7.55. The minimum atomic E-state index is 0.274. The summed E-state index contributed by atoms with van der Waals surface area (Å²) in [6.07, 6.45) is 5.08. The van der Waals surface area contributed by atoms with Crippen LogP contribution in [0.1, 0.15) is 50.4 Å². The summed E-state index contributed by atoms with van der Waals surface area (Å²) >= 11 is 5.95. The van der Waals surface area contributed by atoms with Crippen molar-refractivity contribution in [2.24, 2.45) is 0 Å². The molecular weight excluding hydrogens is 270 g/mol. The largest absolute Gasteiger partial charge is 0.303 e. The van der Waals surface area contributed by atoms with Crippen molar-refractivity contribution in [3.63, 3.8) is 0 Å². The number of hydrogen-bond acceptors (Lipinski definition) is 2. The number of benzene rings is 1. The maximum atomic E-state index is 5.95. The van der Waals surface area contributed by atoms with Gasteiger partial charge in [0.2, 0.25) is 0 Å². The van der Waals surface area contributed by atoms with Gasteiger partial charge >= 0.3 is 0 Å². The summed E-state index contributed by atoms with van der Waals surface area (Å²) < 4.78 is 1.96. The number of hydrogen-bond donors (Lipinski definition) is 1. The summed E-state index contributed by atoms with van der Waals surface area (Å²) in [6.45, 7) is 7.36. The van der Waals surface area contributed by atoms with E-state index in [1.807, 2.05) is 23.0 Å². The zero-order valence-electron chi connectivity index (χ0n) is 12.3. The van der Waals surface area contributed by atoms with Crippen molar-refractivity contribution in [1.29, 1.82) is 0 Å². The monoisotopic (exact) mass is 291 g/mol. The van der Waals surface area contributed by atoms with Crippen LogP contribution < -0.4 is 5.32 Å². The SMILES string of the molecule is CCC(NC(C)c1cnn(CC)c1)c1ccc(Cl)cc1. The third-order valence-electron chi connectivity index (χ3n) is 3.61. The van der Waals surface area contributed by atoms with Crippen LogP contribution in [0.2, 0.25) is 5.02 Å². The van der Waals surface area contributed by atoms with Gasteiger partial charge in [-0.1, -0.05) is 30.7 Å². The fraction of sp³-hybridized carbons (Fsp3) is 0.438. The lowest BCUT2D eigenvalue weighted by molar-refractivity contribution is 0.456. The van der Waals surface area contributed by atoms with Gasteiger partial charge in [0.05, 0.1) is 6.20 Å². The molecule has 4 heteroatoms. The molecule has 2 unspecified atom stereocenters. The third kappa shape index (κ3) is 3.62. The van der Waals surface area contributed by atoms with Gasteiger partial charge in [-0.05, 0) is 38.0 Å². The summed E-state index contributed by atoms with van der Waals surface area (Å²) in [5.41, 5.74) is 2.49. The van der Waals surface area contributed by atoms with Gasteiger partial charge in [-0.2, -0.15) is 5.10 Å². The van der Waals surface area contributed by atoms with E-state index in [0.29, 0.717) is 6.04 Å². The Morgan fingerprint density at radius 1 is 1.20 bits per heavy atom. The molecule has 0 amide bonds. The first-order chi connectivity index (χ1) is 9.63. The van der Waals surface area contributed by atoms with Gasteiger partial charge in [-0.25, -0.2) is 0 Å². The molecule has 3 nitrogen and oxygen atoms in total. The second-order valence-corrected chi connectivity index (χ2v) is 5.47. The Labute approximate surface area is 126 Å². The predicted molar refractivity (Wildman–Crippen MR) is 83.9 cm³/mol. The molecule has 2 atom stereocenters. The number of aryl methyl sites for hydroxylation is 1. The quantitative estimate of drug-likeness (QED) is 0.857. The normalized spacial score (nSPS) is 14.2. The number of rotatable bonds is 6. The van der Waals surface area contributed by atoms with E-state index in [2.05, 4.69) is 49.5 Å². The van der Waals surface area contributed by atoms with Crippen molar-refractivity contribution in [1.82, 2.24) is 15.1 Å². The van der Waals surface area contributed by atoms with Gasteiger partial charge in [0.25, 0.3) is 0 Å². The van der Waals surface area contributed by atoms with Crippen LogP contribution in [-0.4, -0.2) is 9.78 Å². The van der Waals surface area contributed by atoms with Gasteiger partial charge in [0, 0.05) is 35.4 Å². The number of aromatic nitrogens is 2. The van der Waals surface area contributed by atoms with Gasteiger partial charge in [0.15, 0.2) is 0 Å². The van der Waals surface area contributed by atoms with E-state index in [0.717, 1.165) is 18.0 Å². The van der Waals surface area contributed by atoms with Crippen LogP contribution in [0, 0.1) is 0 Å². The highest BCUT2D eigenvalue weighted by molar-refractivity contribution is 6.30. The summed E-state index contributed by atoms with van der Waals surface area (Å²) in [4.78, 5) is 0. The Kier molecular flexibility index (Phi) is 5.21. The molecule has 0 bridgehead atoms. The van der Waals surface area contributed by atoms with Crippen molar-refractivity contribution in [2.75, 3.05) is 0 Å². The molecule has 1 heterocycles. The molecule has 0 saturated heterocycles. The molecule has 0 spiro atoms. The van der Waals surface area contributed by atoms with E-state index in [1.165, 1.54) is 11.1 Å². The fourth-order valence-electron chi connectivity index (χ4n) is 2.32. The average molecular weight is 292 g/mol. The first-order valence-electron chi connectivity index (χ1n) is 7.17. The van der Waals surface area contributed by atoms with E-state index < -0.39 is 0 Å². The van der Waals surface area contributed by atoms with Crippen LogP contribution in [0.25, 0.3) is 0 Å². The second-order valence-electron chi connectivity index (χ2n) is 5.03. The lowest BCUT2D eigenvalue weighted by Crippen LogP contribution is -2.24. The van der Waals surface area contributed by atoms with Crippen molar-refractivity contribution in [3.05, 3.63) is 52.8 Å². The highest BCUT2D eigenvalue weighted by atomic mass is 35.5. The molecule has 0 aliphatic heterocycles. The summed E-state index contributed by atoms with van der Waals surface area (Å²) in [7, 11) is 0. The molecule has 0 radical (unpaired) electrons. The van der Waals surface area contributed by atoms with E-state index in [1.54, 1.807) is 0 Å².